The highest BCUT2D eigenvalue weighted by Crippen LogP contribution is 2.38. The quantitative estimate of drug-likeness (QED) is 0.522. The molecule has 180 valence electrons. The van der Waals surface area contributed by atoms with Crippen molar-refractivity contribution in [3.05, 3.63) is 28.8 Å². The second-order valence-corrected chi connectivity index (χ2v) is 8.23. The van der Waals surface area contributed by atoms with Gasteiger partial charge in [-0.2, -0.15) is 26.3 Å². The molecule has 1 heterocycles. The topological polar surface area (TPSA) is 69.6 Å². The second kappa shape index (κ2) is 10.3. The highest BCUT2D eigenvalue weighted by molar-refractivity contribution is 6.33. The highest BCUT2D eigenvalue weighted by atomic mass is 35.5. The van der Waals surface area contributed by atoms with Crippen molar-refractivity contribution in [2.75, 3.05) is 18.4 Å². The Hall–Kier alpha value is -2.01. The normalized spacial score (nSPS) is 18.2. The third kappa shape index (κ3) is 6.99. The Bertz CT molecular complexity index is 823. The van der Waals surface area contributed by atoms with Gasteiger partial charge in [0.05, 0.1) is 22.5 Å². The number of aryl methyl sites for hydroxylation is 1. The van der Waals surface area contributed by atoms with E-state index in [4.69, 9.17) is 16.7 Å². The fraction of sp³-hybridized carbons (Fsp3) is 0.600. The summed E-state index contributed by atoms with van der Waals surface area (Å²) in [7, 11) is 0. The van der Waals surface area contributed by atoms with Crippen LogP contribution in [0.3, 0.4) is 0 Å². The van der Waals surface area contributed by atoms with Crippen LogP contribution in [-0.4, -0.2) is 53.4 Å². The summed E-state index contributed by atoms with van der Waals surface area (Å²) in [6.07, 6.45) is -10.1. The molecular weight excluding hydrogens is 466 g/mol. The molecule has 12 heteroatoms. The van der Waals surface area contributed by atoms with Crippen molar-refractivity contribution in [2.45, 2.75) is 51.0 Å². The average molecular weight is 489 g/mol. The van der Waals surface area contributed by atoms with Crippen LogP contribution in [0.5, 0.6) is 0 Å². The summed E-state index contributed by atoms with van der Waals surface area (Å²) in [5.41, 5.74) is 0.502. The molecule has 1 amide bonds. The first-order chi connectivity index (χ1) is 14.7. The van der Waals surface area contributed by atoms with Crippen LogP contribution in [0.2, 0.25) is 5.02 Å². The van der Waals surface area contributed by atoms with Crippen LogP contribution < -0.4 is 5.32 Å². The van der Waals surface area contributed by atoms with E-state index in [1.165, 1.54) is 18.2 Å². The maximum Gasteiger partial charge on any atom is 0.393 e. The first-order valence-corrected chi connectivity index (χ1v) is 10.3. The summed E-state index contributed by atoms with van der Waals surface area (Å²) >= 11 is 6.04. The molecule has 0 spiro atoms. The minimum absolute atomic E-state index is 0.00380. The number of aliphatic carboxylic acids is 1. The van der Waals surface area contributed by atoms with Crippen LogP contribution in [0, 0.1) is 11.8 Å². The van der Waals surface area contributed by atoms with Gasteiger partial charge in [-0.05, 0) is 50.0 Å². The van der Waals surface area contributed by atoms with Crippen LogP contribution >= 0.6 is 11.6 Å². The number of alkyl halides is 6. The Morgan fingerprint density at radius 1 is 1.19 bits per heavy atom. The number of rotatable bonds is 7. The van der Waals surface area contributed by atoms with E-state index in [0.717, 1.165) is 11.8 Å². The van der Waals surface area contributed by atoms with Crippen molar-refractivity contribution in [1.29, 1.82) is 0 Å². The smallest absolute Gasteiger partial charge is 0.393 e. The summed E-state index contributed by atoms with van der Waals surface area (Å²) < 4.78 is 79.2. The number of nitrogens with zero attached hydrogens (tertiary/aromatic N) is 1. The number of anilines is 1. The summed E-state index contributed by atoms with van der Waals surface area (Å²) in [6.45, 7) is 0.190. The zero-order valence-electron chi connectivity index (χ0n) is 17.1. The Labute approximate surface area is 185 Å². The molecule has 1 aliphatic heterocycles. The number of benzene rings is 1. The molecule has 1 fully saturated rings. The van der Waals surface area contributed by atoms with Gasteiger partial charge in [-0.25, -0.2) is 0 Å². The zero-order chi connectivity index (χ0) is 24.3. The van der Waals surface area contributed by atoms with Crippen molar-refractivity contribution < 1.29 is 41.0 Å². The van der Waals surface area contributed by atoms with Crippen molar-refractivity contribution in [2.24, 2.45) is 11.8 Å². The molecule has 1 aromatic carbocycles. The summed E-state index contributed by atoms with van der Waals surface area (Å²) in [5.74, 6) is -5.85. The number of amides is 1. The zero-order valence-corrected chi connectivity index (χ0v) is 17.8. The second-order valence-electron chi connectivity index (χ2n) is 7.82. The van der Waals surface area contributed by atoms with Gasteiger partial charge in [-0.15, -0.1) is 0 Å². The van der Waals surface area contributed by atoms with Gasteiger partial charge in [0.25, 0.3) is 0 Å². The first-order valence-electron chi connectivity index (χ1n) is 9.88. The van der Waals surface area contributed by atoms with Crippen molar-refractivity contribution >= 4 is 29.2 Å². The van der Waals surface area contributed by atoms with Gasteiger partial charge < -0.3 is 10.4 Å². The molecule has 1 saturated heterocycles. The summed E-state index contributed by atoms with van der Waals surface area (Å²) in [4.78, 5) is 24.7. The van der Waals surface area contributed by atoms with Crippen molar-refractivity contribution in [1.82, 2.24) is 4.90 Å². The molecule has 32 heavy (non-hydrogen) atoms. The molecule has 2 atom stereocenters. The van der Waals surface area contributed by atoms with Gasteiger partial charge in [-0.1, -0.05) is 24.6 Å². The number of hydrogen-bond acceptors (Lipinski definition) is 3. The number of carboxylic acid groups (broad SMARTS) is 1. The highest BCUT2D eigenvalue weighted by Gasteiger charge is 2.49. The number of carbonyl (C=O) groups is 2. The maximum absolute atomic E-state index is 13.5. The largest absolute Gasteiger partial charge is 0.481 e. The average Bonchev–Trinajstić information content (AvgIpc) is 2.67. The molecule has 1 aromatic rings. The molecule has 0 aromatic heterocycles. The number of likely N-dealkylation sites (tertiary alicyclic amines) is 1. The lowest BCUT2D eigenvalue weighted by atomic mass is 9.91. The molecular formula is C20H23ClF6N2O3. The molecule has 0 radical (unpaired) electrons. The van der Waals surface area contributed by atoms with Crippen molar-refractivity contribution in [3.8, 4) is 0 Å². The van der Waals surface area contributed by atoms with E-state index < -0.39 is 54.9 Å². The number of carboxylic acids is 1. The van der Waals surface area contributed by atoms with Crippen LogP contribution in [0.1, 0.15) is 31.7 Å². The van der Waals surface area contributed by atoms with Gasteiger partial charge in [0.2, 0.25) is 5.91 Å². The fourth-order valence-electron chi connectivity index (χ4n) is 3.67. The predicted molar refractivity (Wildman–Crippen MR) is 105 cm³/mol. The molecule has 5 nitrogen and oxygen atoms in total. The fourth-order valence-corrected chi connectivity index (χ4v) is 3.84. The van der Waals surface area contributed by atoms with Crippen LogP contribution in [-0.2, 0) is 16.0 Å². The first kappa shape index (κ1) is 26.2. The lowest BCUT2D eigenvalue weighted by Gasteiger charge is -2.40. The predicted octanol–water partition coefficient (Wildman–Crippen LogP) is 5.14. The number of carbonyl (C=O) groups excluding carboxylic acids is 1. The SMILES string of the molecule is C[C@H]([C@H](C(=O)Nc1cc(CCC(=O)O)ccc1Cl)N1CCC(C(F)(F)F)CC1)C(F)(F)F. The van der Waals surface area contributed by atoms with E-state index in [-0.39, 0.29) is 36.6 Å². The van der Waals surface area contributed by atoms with E-state index in [2.05, 4.69) is 5.32 Å². The molecule has 0 unspecified atom stereocenters. The van der Waals surface area contributed by atoms with E-state index in [1.807, 2.05) is 0 Å². The lowest BCUT2D eigenvalue weighted by molar-refractivity contribution is -0.200. The van der Waals surface area contributed by atoms with Crippen LogP contribution in [0.25, 0.3) is 0 Å². The third-order valence-corrected chi connectivity index (χ3v) is 5.89. The third-order valence-electron chi connectivity index (χ3n) is 5.56. The van der Waals surface area contributed by atoms with Gasteiger partial charge in [0.1, 0.15) is 6.04 Å². The summed E-state index contributed by atoms with van der Waals surface area (Å²) in [6, 6.07) is 2.53. The number of hydrogen-bond donors (Lipinski definition) is 2. The molecule has 2 rings (SSSR count). The van der Waals surface area contributed by atoms with Gasteiger partial charge >= 0.3 is 18.3 Å². The monoisotopic (exact) mass is 488 g/mol. The Balaban J connectivity index is 2.23. The lowest BCUT2D eigenvalue weighted by Crippen LogP contribution is -2.55. The number of piperidine rings is 1. The minimum Gasteiger partial charge on any atom is -0.481 e. The molecule has 2 N–H and O–H groups in total. The minimum atomic E-state index is -4.75. The van der Waals surface area contributed by atoms with Gasteiger partial charge in [-0.3, -0.25) is 14.5 Å². The molecule has 1 aliphatic rings. The standard InChI is InChI=1S/C20H23ClF6N2O3/c1-11(19(22,23)24)17(29-8-6-13(7-9-29)20(25,26)27)18(32)28-15-10-12(2-4-14(15)21)3-5-16(30)31/h2,4,10-11,13,17H,3,5-9H2,1H3,(H,28,32)(H,30,31)/t11-,17-/m1/s1. The molecule has 0 bridgehead atoms. The Kier molecular flexibility index (Phi) is 8.44. The molecule has 0 saturated carbocycles. The van der Waals surface area contributed by atoms with Crippen LogP contribution in [0.4, 0.5) is 32.0 Å². The van der Waals surface area contributed by atoms with Crippen molar-refractivity contribution in [3.63, 3.8) is 0 Å². The maximum atomic E-state index is 13.5. The van der Waals surface area contributed by atoms with Gasteiger partial charge in [0.15, 0.2) is 0 Å². The van der Waals surface area contributed by atoms with Gasteiger partial charge in [0, 0.05) is 6.42 Å². The number of nitrogens with one attached hydrogen (secondary N) is 1. The van der Waals surface area contributed by atoms with E-state index >= 15 is 0 Å². The number of halogens is 7. The van der Waals surface area contributed by atoms with Crippen LogP contribution in [0.15, 0.2) is 18.2 Å². The Morgan fingerprint density at radius 3 is 2.28 bits per heavy atom. The van der Waals surface area contributed by atoms with E-state index in [1.54, 1.807) is 0 Å². The summed E-state index contributed by atoms with van der Waals surface area (Å²) in [5, 5.41) is 11.2. The van der Waals surface area contributed by atoms with E-state index in [0.29, 0.717) is 5.56 Å². The van der Waals surface area contributed by atoms with E-state index in [9.17, 15) is 35.9 Å². The Morgan fingerprint density at radius 2 is 1.78 bits per heavy atom. The molecule has 0 aliphatic carbocycles.